The van der Waals surface area contributed by atoms with E-state index in [0.717, 1.165) is 7.05 Å². The topological polar surface area (TPSA) is 151 Å². The molecule has 76 valence electrons. The minimum atomic E-state index is -4.90. The third-order valence-electron chi connectivity index (χ3n) is 1.28. The first-order chi connectivity index (χ1) is 5.68. The van der Waals surface area contributed by atoms with E-state index < -0.39 is 25.3 Å². The van der Waals surface area contributed by atoms with Gasteiger partial charge in [0.05, 0.1) is 5.97 Å². The smallest absolute Gasteiger partial charge is 0.547 e. The van der Waals surface area contributed by atoms with E-state index in [0.29, 0.717) is 4.90 Å². The van der Waals surface area contributed by atoms with Gasteiger partial charge in [0.2, 0.25) is 0 Å². The molecule has 0 aliphatic heterocycles. The average Bonchev–Trinajstić information content (AvgIpc) is 1.82. The number of hydrogen-bond acceptors (Lipinski definition) is 4. The monoisotopic (exact) mass is 233 g/mol. The number of hydrogen-bond donors (Lipinski definition) is 4. The van der Waals surface area contributed by atoms with Crippen LogP contribution in [0.1, 0.15) is 0 Å². The Morgan fingerprint density at radius 1 is 1.64 bits per heavy atom. The molecule has 0 saturated carbocycles. The van der Waals surface area contributed by atoms with Crippen molar-refractivity contribution in [3.05, 3.63) is 0 Å². The van der Waals surface area contributed by atoms with Crippen LogP contribution in [0.5, 0.6) is 0 Å². The maximum absolute atomic E-state index is 10.6. The van der Waals surface area contributed by atoms with Crippen LogP contribution < -0.4 is 40.4 Å². The largest absolute Gasteiger partial charge is 1.00 e. The molecule has 0 aliphatic carbocycles. The zero-order valence-corrected chi connectivity index (χ0v) is 10.6. The summed E-state index contributed by atoms with van der Waals surface area (Å²) in [6.45, 7) is 0. The third-order valence-corrected chi connectivity index (χ3v) is 2.47. The van der Waals surface area contributed by atoms with Crippen molar-refractivity contribution in [2.75, 3.05) is 7.05 Å². The Balaban J connectivity index is 0. The Bertz CT molecular complexity index is 278. The van der Waals surface area contributed by atoms with Crippen LogP contribution in [0.2, 0.25) is 0 Å². The molecule has 0 aromatic heterocycles. The van der Waals surface area contributed by atoms with Gasteiger partial charge in [0, 0.05) is 7.05 Å². The predicted octanol–water partition coefficient (Wildman–Crippen LogP) is -5.93. The Hall–Kier alpha value is -0.110. The molecule has 1 unspecified atom stereocenters. The quantitative estimate of drug-likeness (QED) is 0.164. The molecule has 0 aromatic rings. The van der Waals surface area contributed by atoms with Crippen molar-refractivity contribution in [3.63, 3.8) is 0 Å². The minimum Gasteiger partial charge on any atom is -0.547 e. The maximum atomic E-state index is 10.6. The molecule has 1 atom stereocenters. The fourth-order valence-corrected chi connectivity index (χ4v) is 1.50. The van der Waals surface area contributed by atoms with E-state index in [4.69, 9.17) is 20.9 Å². The fraction of sp³-hybridized carbons (Fsp3) is 0.500. The second-order valence-electron chi connectivity index (χ2n) is 2.28. The first kappa shape index (κ1) is 16.3. The number of carbonyl (C=O) groups excluding carboxylic acids is 1. The van der Waals surface area contributed by atoms with Crippen molar-refractivity contribution in [3.8, 4) is 0 Å². The second kappa shape index (κ2) is 5.69. The van der Waals surface area contributed by atoms with Crippen molar-refractivity contribution in [2.24, 2.45) is 5.73 Å². The molecule has 10 heteroatoms. The molecule has 0 aliphatic rings. The first-order valence-corrected chi connectivity index (χ1v) is 4.69. The third kappa shape index (κ3) is 4.41. The molecular weight excluding hydrogens is 224 g/mol. The molecule has 0 heterocycles. The zero-order valence-electron chi connectivity index (χ0n) is 7.67. The normalized spacial score (nSPS) is 12.5. The van der Waals surface area contributed by atoms with Gasteiger partial charge in [0.25, 0.3) is 0 Å². The summed E-state index contributed by atoms with van der Waals surface area (Å²) in [6, 6.07) is 0. The second-order valence-corrected chi connectivity index (χ2v) is 3.95. The van der Waals surface area contributed by atoms with Gasteiger partial charge in [-0.15, -0.1) is 0 Å². The van der Waals surface area contributed by atoms with E-state index in [9.17, 15) is 14.5 Å². The molecule has 5 N–H and O–H groups in total. The van der Waals surface area contributed by atoms with Crippen LogP contribution >= 0.6 is 7.60 Å². The van der Waals surface area contributed by atoms with E-state index in [1.807, 2.05) is 0 Å². The van der Waals surface area contributed by atoms with Gasteiger partial charge < -0.3 is 30.3 Å². The van der Waals surface area contributed by atoms with Crippen LogP contribution in [0.3, 0.4) is 0 Å². The summed E-state index contributed by atoms with van der Waals surface area (Å²) >= 11 is 0. The summed E-state index contributed by atoms with van der Waals surface area (Å²) in [5, 5.41) is 17.1. The first-order valence-electron chi connectivity index (χ1n) is 3.01. The molecule has 0 spiro atoms. The van der Waals surface area contributed by atoms with E-state index in [-0.39, 0.29) is 29.6 Å². The number of rotatable bonds is 3. The predicted molar refractivity (Wildman–Crippen MR) is 40.5 cm³/mol. The van der Waals surface area contributed by atoms with E-state index in [2.05, 4.69) is 0 Å². The van der Waals surface area contributed by atoms with Gasteiger partial charge in [-0.3, -0.25) is 9.97 Å². The number of carboxylic acids is 1. The summed E-state index contributed by atoms with van der Waals surface area (Å²) in [5.41, 5.74) is 4.85. The van der Waals surface area contributed by atoms with Gasteiger partial charge in [-0.2, -0.15) is 0 Å². The van der Waals surface area contributed by atoms with Crippen LogP contribution in [-0.2, 0) is 9.36 Å². The number of carboxylic acid groups (broad SMARTS) is 1. The molecule has 0 radical (unpaired) electrons. The molecule has 0 rings (SSSR count). The van der Waals surface area contributed by atoms with Crippen molar-refractivity contribution in [1.82, 2.24) is 4.90 Å². The Morgan fingerprint density at radius 3 is 2.07 bits per heavy atom. The number of carbonyl (C=O) groups is 1. The van der Waals surface area contributed by atoms with Crippen molar-refractivity contribution >= 4 is 19.5 Å². The standard InChI is InChI=1S/C4H10N3O5P.Na/c1-7(4(5)6)2(3(8)9)13(10,11)12;/h2H,1H3,(H3,5,6)(H,8,9)(H2,10,11,12);/q;+1/p-1. The van der Waals surface area contributed by atoms with Crippen molar-refractivity contribution < 1.29 is 53.8 Å². The van der Waals surface area contributed by atoms with E-state index in [1.54, 1.807) is 0 Å². The molecular formula is C4H9N3NaO5P. The molecule has 0 fully saturated rings. The van der Waals surface area contributed by atoms with Crippen LogP contribution in [0.15, 0.2) is 0 Å². The van der Waals surface area contributed by atoms with Crippen LogP contribution in [0.4, 0.5) is 0 Å². The van der Waals surface area contributed by atoms with Gasteiger partial charge in [-0.1, -0.05) is 0 Å². The maximum Gasteiger partial charge on any atom is 1.00 e. The molecule has 0 aromatic carbocycles. The number of nitrogens with zero attached hydrogens (tertiary/aromatic N) is 1. The molecule has 14 heavy (non-hydrogen) atoms. The number of likely N-dealkylation sites (N-methyl/N-ethyl adjacent to an activating group) is 1. The number of nitrogens with two attached hydrogens (primary N) is 1. The molecule has 0 bridgehead atoms. The summed E-state index contributed by atoms with van der Waals surface area (Å²) < 4.78 is 10.6. The van der Waals surface area contributed by atoms with E-state index >= 15 is 0 Å². The molecule has 0 saturated heterocycles. The van der Waals surface area contributed by atoms with Gasteiger partial charge in [0.1, 0.15) is 0 Å². The zero-order chi connectivity index (χ0) is 10.8. The SMILES string of the molecule is CN(C(=N)N)C(C(=O)[O-])P(=O)(O)O.[Na+]. The van der Waals surface area contributed by atoms with Gasteiger partial charge >= 0.3 is 37.2 Å². The van der Waals surface area contributed by atoms with Gasteiger partial charge in [-0.05, 0) is 0 Å². The Labute approximate surface area is 102 Å². The summed E-state index contributed by atoms with van der Waals surface area (Å²) in [5.74, 6) is -4.96. The Kier molecular flexibility index (Phi) is 6.64. The van der Waals surface area contributed by atoms with Crippen LogP contribution in [0, 0.1) is 5.41 Å². The van der Waals surface area contributed by atoms with Gasteiger partial charge in [0.15, 0.2) is 11.7 Å². The number of guanidine groups is 1. The molecule has 0 amide bonds. The van der Waals surface area contributed by atoms with Crippen molar-refractivity contribution in [1.29, 1.82) is 5.41 Å². The van der Waals surface area contributed by atoms with E-state index in [1.165, 1.54) is 0 Å². The number of aliphatic carboxylic acids is 1. The average molecular weight is 233 g/mol. The van der Waals surface area contributed by atoms with Gasteiger partial charge in [-0.25, -0.2) is 0 Å². The summed E-state index contributed by atoms with van der Waals surface area (Å²) in [6.07, 6.45) is 0. The van der Waals surface area contributed by atoms with Crippen LogP contribution in [0.25, 0.3) is 0 Å². The Morgan fingerprint density at radius 2 is 2.00 bits per heavy atom. The van der Waals surface area contributed by atoms with Crippen molar-refractivity contribution in [2.45, 2.75) is 5.78 Å². The number of nitrogens with one attached hydrogen (secondary N) is 1. The minimum absolute atomic E-state index is 0. The summed E-state index contributed by atoms with van der Waals surface area (Å²) in [7, 11) is -3.92. The molecule has 8 nitrogen and oxygen atoms in total. The summed E-state index contributed by atoms with van der Waals surface area (Å²) in [4.78, 5) is 27.8. The van der Waals surface area contributed by atoms with Crippen LogP contribution in [-0.4, -0.2) is 39.4 Å². The fourth-order valence-electron chi connectivity index (χ4n) is 0.653.